The van der Waals surface area contributed by atoms with E-state index in [-0.39, 0.29) is 6.61 Å². The van der Waals surface area contributed by atoms with E-state index in [0.29, 0.717) is 17.9 Å². The zero-order valence-electron chi connectivity index (χ0n) is 8.45. The quantitative estimate of drug-likeness (QED) is 0.782. The van der Waals surface area contributed by atoms with Crippen molar-refractivity contribution in [1.82, 2.24) is 15.0 Å². The Morgan fingerprint density at radius 1 is 1.44 bits per heavy atom. The molecule has 6 nitrogen and oxygen atoms in total. The maximum Gasteiger partial charge on any atom is 0.108 e. The van der Waals surface area contributed by atoms with Crippen LogP contribution in [0.2, 0.25) is 0 Å². The first-order valence-electron chi connectivity index (χ1n) is 4.74. The van der Waals surface area contributed by atoms with Gasteiger partial charge in [-0.3, -0.25) is 0 Å². The van der Waals surface area contributed by atoms with Crippen molar-refractivity contribution in [3.63, 3.8) is 0 Å². The molecule has 0 saturated carbocycles. The first-order valence-corrected chi connectivity index (χ1v) is 4.74. The molecule has 0 radical (unpaired) electrons. The Morgan fingerprint density at radius 2 is 2.31 bits per heavy atom. The van der Waals surface area contributed by atoms with Crippen LogP contribution < -0.4 is 0 Å². The van der Waals surface area contributed by atoms with Crippen molar-refractivity contribution >= 4 is 5.69 Å². The molecule has 1 heterocycles. The van der Waals surface area contributed by atoms with E-state index in [1.165, 1.54) is 0 Å². The van der Waals surface area contributed by atoms with Crippen molar-refractivity contribution in [2.75, 3.05) is 0 Å². The molecule has 1 aromatic heterocycles. The summed E-state index contributed by atoms with van der Waals surface area (Å²) in [4.78, 5) is 10.3. The molecule has 2 rings (SSSR count). The van der Waals surface area contributed by atoms with Gasteiger partial charge in [0, 0.05) is 0 Å². The fraction of sp³-hybridized carbons (Fsp3) is 0.200. The Bertz CT molecular complexity index is 495. The number of aliphatic hydroxyl groups excluding tert-OH is 1. The van der Waals surface area contributed by atoms with Gasteiger partial charge in [0.15, 0.2) is 0 Å². The molecule has 0 saturated heterocycles. The largest absolute Gasteiger partial charge is 0.390 e. The minimum Gasteiger partial charge on any atom is -0.390 e. The molecule has 1 aromatic carbocycles. The van der Waals surface area contributed by atoms with Crippen molar-refractivity contribution < 1.29 is 5.11 Å². The number of rotatable bonds is 4. The minimum atomic E-state index is -0.129. The molecule has 0 spiro atoms. The molecular formula is C10H10N4O2. The molecule has 0 aliphatic heterocycles. The van der Waals surface area contributed by atoms with Crippen molar-refractivity contribution in [3.8, 4) is 0 Å². The second kappa shape index (κ2) is 4.63. The standard InChI is InChI=1S/C10H10N4O2/c15-7-10-6-14(13-11-10)5-8-2-1-3-9(4-8)12-16/h1-4,6,15H,5,7H2. The molecule has 1 N–H and O–H groups in total. The number of nitrogens with zero attached hydrogens (tertiary/aromatic N) is 4. The predicted octanol–water partition coefficient (Wildman–Crippen LogP) is 1.22. The summed E-state index contributed by atoms with van der Waals surface area (Å²) in [5, 5.41) is 19.3. The number of nitroso groups, excluding NO2 is 1. The van der Waals surface area contributed by atoms with E-state index in [0.717, 1.165) is 5.56 Å². The van der Waals surface area contributed by atoms with E-state index in [1.807, 2.05) is 6.07 Å². The number of hydrogen-bond acceptors (Lipinski definition) is 5. The lowest BCUT2D eigenvalue weighted by atomic mass is 10.2. The Kier molecular flexibility index (Phi) is 3.02. The zero-order chi connectivity index (χ0) is 11.4. The first kappa shape index (κ1) is 10.4. The van der Waals surface area contributed by atoms with E-state index in [9.17, 15) is 4.91 Å². The third-order valence-electron chi connectivity index (χ3n) is 2.11. The van der Waals surface area contributed by atoms with Gasteiger partial charge in [-0.05, 0) is 22.9 Å². The SMILES string of the molecule is O=Nc1cccc(Cn2cc(CO)nn2)c1. The van der Waals surface area contributed by atoms with Crippen LogP contribution in [0, 0.1) is 4.91 Å². The summed E-state index contributed by atoms with van der Waals surface area (Å²) < 4.78 is 1.59. The Hall–Kier alpha value is -2.08. The van der Waals surface area contributed by atoms with Crippen molar-refractivity contribution in [2.45, 2.75) is 13.2 Å². The van der Waals surface area contributed by atoms with Crippen LogP contribution >= 0.6 is 0 Å². The normalized spacial score (nSPS) is 10.3. The van der Waals surface area contributed by atoms with Gasteiger partial charge in [-0.2, -0.15) is 0 Å². The number of aromatic nitrogens is 3. The summed E-state index contributed by atoms with van der Waals surface area (Å²) in [5.74, 6) is 0. The van der Waals surface area contributed by atoms with Crippen LogP contribution in [-0.2, 0) is 13.2 Å². The van der Waals surface area contributed by atoms with Gasteiger partial charge in [0.05, 0.1) is 19.3 Å². The van der Waals surface area contributed by atoms with Gasteiger partial charge in [0.1, 0.15) is 11.4 Å². The van der Waals surface area contributed by atoms with Crippen LogP contribution in [-0.4, -0.2) is 20.1 Å². The third kappa shape index (κ3) is 2.29. The summed E-state index contributed by atoms with van der Waals surface area (Å²) >= 11 is 0. The number of benzene rings is 1. The molecule has 0 bridgehead atoms. The maximum atomic E-state index is 10.3. The van der Waals surface area contributed by atoms with E-state index in [4.69, 9.17) is 5.11 Å². The average molecular weight is 218 g/mol. The Labute approximate surface area is 91.5 Å². The Morgan fingerprint density at radius 3 is 3.00 bits per heavy atom. The second-order valence-electron chi connectivity index (χ2n) is 3.33. The lowest BCUT2D eigenvalue weighted by Crippen LogP contribution is -2.00. The molecule has 2 aromatic rings. The summed E-state index contributed by atoms with van der Waals surface area (Å²) in [6.45, 7) is 0.367. The third-order valence-corrected chi connectivity index (χ3v) is 2.11. The van der Waals surface area contributed by atoms with E-state index in [2.05, 4.69) is 15.5 Å². The van der Waals surface area contributed by atoms with E-state index < -0.39 is 0 Å². The summed E-state index contributed by atoms with van der Waals surface area (Å²) in [5.41, 5.74) is 1.82. The van der Waals surface area contributed by atoms with Crippen LogP contribution in [0.15, 0.2) is 35.6 Å². The fourth-order valence-electron chi connectivity index (χ4n) is 1.39. The minimum absolute atomic E-state index is 0.129. The lowest BCUT2D eigenvalue weighted by Gasteiger charge is -2.00. The molecular weight excluding hydrogens is 208 g/mol. The van der Waals surface area contributed by atoms with Gasteiger partial charge >= 0.3 is 0 Å². The van der Waals surface area contributed by atoms with Gasteiger partial charge in [-0.25, -0.2) is 4.68 Å². The highest BCUT2D eigenvalue weighted by Crippen LogP contribution is 2.14. The van der Waals surface area contributed by atoms with Crippen LogP contribution in [0.5, 0.6) is 0 Å². The fourth-order valence-corrected chi connectivity index (χ4v) is 1.39. The molecule has 6 heteroatoms. The number of hydrogen-bond donors (Lipinski definition) is 1. The van der Waals surface area contributed by atoms with Gasteiger partial charge in [0.25, 0.3) is 0 Å². The molecule has 0 amide bonds. The van der Waals surface area contributed by atoms with E-state index >= 15 is 0 Å². The monoisotopic (exact) mass is 218 g/mol. The van der Waals surface area contributed by atoms with Crippen molar-refractivity contribution in [3.05, 3.63) is 46.6 Å². The van der Waals surface area contributed by atoms with Gasteiger partial charge < -0.3 is 5.11 Å². The summed E-state index contributed by atoms with van der Waals surface area (Å²) in [6.07, 6.45) is 1.65. The average Bonchev–Trinajstić information content (AvgIpc) is 2.77. The molecule has 0 unspecified atom stereocenters. The van der Waals surface area contributed by atoms with Gasteiger partial charge in [-0.1, -0.05) is 17.3 Å². The van der Waals surface area contributed by atoms with Crippen molar-refractivity contribution in [1.29, 1.82) is 0 Å². The van der Waals surface area contributed by atoms with Crippen molar-refractivity contribution in [2.24, 2.45) is 5.18 Å². The van der Waals surface area contributed by atoms with Crippen LogP contribution in [0.25, 0.3) is 0 Å². The van der Waals surface area contributed by atoms with E-state index in [1.54, 1.807) is 29.1 Å². The molecule has 0 aliphatic rings. The molecule has 0 fully saturated rings. The molecule has 0 aliphatic carbocycles. The predicted molar refractivity (Wildman–Crippen MR) is 56.9 cm³/mol. The maximum absolute atomic E-state index is 10.3. The smallest absolute Gasteiger partial charge is 0.108 e. The molecule has 0 atom stereocenters. The van der Waals surface area contributed by atoms with Crippen LogP contribution in [0.1, 0.15) is 11.3 Å². The lowest BCUT2D eigenvalue weighted by molar-refractivity contribution is 0.276. The van der Waals surface area contributed by atoms with Crippen LogP contribution in [0.4, 0.5) is 5.69 Å². The van der Waals surface area contributed by atoms with Gasteiger partial charge in [-0.15, -0.1) is 10.0 Å². The highest BCUT2D eigenvalue weighted by Gasteiger charge is 2.01. The first-order chi connectivity index (χ1) is 7.81. The summed E-state index contributed by atoms with van der Waals surface area (Å²) in [6, 6.07) is 6.95. The van der Waals surface area contributed by atoms with Gasteiger partial charge in [0.2, 0.25) is 0 Å². The topological polar surface area (TPSA) is 80.4 Å². The zero-order valence-corrected chi connectivity index (χ0v) is 8.45. The Balaban J connectivity index is 2.16. The highest BCUT2D eigenvalue weighted by molar-refractivity contribution is 5.39. The number of aliphatic hydroxyl groups is 1. The highest BCUT2D eigenvalue weighted by atomic mass is 16.3. The molecule has 82 valence electrons. The summed E-state index contributed by atoms with van der Waals surface area (Å²) in [7, 11) is 0. The second-order valence-corrected chi connectivity index (χ2v) is 3.33. The molecule has 16 heavy (non-hydrogen) atoms. The van der Waals surface area contributed by atoms with Crippen LogP contribution in [0.3, 0.4) is 0 Å².